The van der Waals surface area contributed by atoms with Crippen LogP contribution in [0.15, 0.2) is 28.8 Å². The van der Waals surface area contributed by atoms with Crippen LogP contribution in [-0.4, -0.2) is 47.1 Å². The van der Waals surface area contributed by atoms with Gasteiger partial charge in [0.2, 0.25) is 17.6 Å². The van der Waals surface area contributed by atoms with Gasteiger partial charge in [-0.3, -0.25) is 4.79 Å². The van der Waals surface area contributed by atoms with Gasteiger partial charge in [-0.15, -0.1) is 0 Å². The number of nitrogens with one attached hydrogen (secondary N) is 1. The molecule has 7 heteroatoms. The van der Waals surface area contributed by atoms with Crippen molar-refractivity contribution >= 4 is 5.91 Å². The van der Waals surface area contributed by atoms with E-state index in [9.17, 15) is 9.18 Å². The van der Waals surface area contributed by atoms with Crippen LogP contribution in [0.4, 0.5) is 4.39 Å². The number of hydrogen-bond acceptors (Lipinski definition) is 5. The number of aromatic nitrogens is 2. The zero-order chi connectivity index (χ0) is 18.6. The number of piperidine rings is 1. The Hall–Kier alpha value is -2.28. The molecule has 2 aromatic rings. The number of benzene rings is 1. The number of halogens is 1. The van der Waals surface area contributed by atoms with Crippen LogP contribution < -0.4 is 5.32 Å². The van der Waals surface area contributed by atoms with Crippen molar-refractivity contribution in [2.45, 2.75) is 38.0 Å². The lowest BCUT2D eigenvalue weighted by Gasteiger charge is -2.31. The van der Waals surface area contributed by atoms with E-state index in [0.29, 0.717) is 30.6 Å². The zero-order valence-corrected chi connectivity index (χ0v) is 15.4. The van der Waals surface area contributed by atoms with E-state index in [0.717, 1.165) is 44.5 Å². The van der Waals surface area contributed by atoms with E-state index in [1.54, 1.807) is 12.1 Å². The fourth-order valence-corrected chi connectivity index (χ4v) is 3.97. The third-order valence-electron chi connectivity index (χ3n) is 5.60. The molecule has 0 saturated carbocycles. The van der Waals surface area contributed by atoms with Crippen molar-refractivity contribution in [3.8, 4) is 11.4 Å². The Morgan fingerprint density at radius 1 is 1.30 bits per heavy atom. The molecule has 3 heterocycles. The fraction of sp³-hybridized carbons (Fsp3) is 0.550. The molecule has 0 radical (unpaired) electrons. The van der Waals surface area contributed by atoms with E-state index in [4.69, 9.17) is 4.52 Å². The number of nitrogens with zero attached hydrogens (tertiary/aromatic N) is 3. The van der Waals surface area contributed by atoms with Gasteiger partial charge in [-0.2, -0.15) is 4.98 Å². The predicted octanol–water partition coefficient (Wildman–Crippen LogP) is 2.97. The second kappa shape index (κ2) is 8.17. The minimum Gasteiger partial charge on any atom is -0.342 e. The Balaban J connectivity index is 1.36. The topological polar surface area (TPSA) is 71.3 Å². The highest BCUT2D eigenvalue weighted by Gasteiger charge is 2.29. The first-order chi connectivity index (χ1) is 13.2. The molecular formula is C20H25FN4O2. The lowest BCUT2D eigenvalue weighted by atomic mass is 9.96. The molecular weight excluding hydrogens is 347 g/mol. The maximum atomic E-state index is 13.1. The molecule has 2 aliphatic heterocycles. The summed E-state index contributed by atoms with van der Waals surface area (Å²) in [6.07, 6.45) is 4.62. The van der Waals surface area contributed by atoms with Crippen molar-refractivity contribution in [2.75, 3.05) is 26.2 Å². The second-order valence-electron chi connectivity index (χ2n) is 7.54. The van der Waals surface area contributed by atoms with Crippen molar-refractivity contribution in [1.82, 2.24) is 20.4 Å². The minimum absolute atomic E-state index is 0.0672. The fourth-order valence-electron chi connectivity index (χ4n) is 3.97. The molecule has 6 nitrogen and oxygen atoms in total. The minimum atomic E-state index is -0.294. The average molecular weight is 372 g/mol. The summed E-state index contributed by atoms with van der Waals surface area (Å²) in [7, 11) is 0. The molecule has 144 valence electrons. The molecule has 0 bridgehead atoms. The number of hydrogen-bond donors (Lipinski definition) is 1. The Labute approximate surface area is 158 Å². The molecule has 1 aromatic carbocycles. The van der Waals surface area contributed by atoms with E-state index < -0.39 is 0 Å². The highest BCUT2D eigenvalue weighted by atomic mass is 19.1. The number of likely N-dealkylation sites (tertiary alicyclic amines) is 1. The van der Waals surface area contributed by atoms with Crippen LogP contribution in [-0.2, 0) is 4.79 Å². The highest BCUT2D eigenvalue weighted by molar-refractivity contribution is 5.76. The molecule has 0 aliphatic carbocycles. The molecule has 2 fully saturated rings. The summed E-state index contributed by atoms with van der Waals surface area (Å²) in [6, 6.07) is 6.04. The number of rotatable bonds is 5. The quantitative estimate of drug-likeness (QED) is 0.874. The summed E-state index contributed by atoms with van der Waals surface area (Å²) in [5.41, 5.74) is 0.723. The largest absolute Gasteiger partial charge is 0.342 e. The van der Waals surface area contributed by atoms with Crippen LogP contribution >= 0.6 is 0 Å². The highest BCUT2D eigenvalue weighted by Crippen LogP contribution is 2.28. The van der Waals surface area contributed by atoms with Crippen molar-refractivity contribution < 1.29 is 13.7 Å². The lowest BCUT2D eigenvalue weighted by molar-refractivity contribution is -0.132. The zero-order valence-electron chi connectivity index (χ0n) is 15.4. The SMILES string of the molecule is O=C(CCC1CCNC1)N1CCCC(c2nc(-c3ccc(F)cc3)no2)C1. The lowest BCUT2D eigenvalue weighted by Crippen LogP contribution is -2.39. The molecule has 27 heavy (non-hydrogen) atoms. The molecule has 4 rings (SSSR count). The Kier molecular flexibility index (Phi) is 5.48. The summed E-state index contributed by atoms with van der Waals surface area (Å²) in [5, 5.41) is 7.38. The van der Waals surface area contributed by atoms with Gasteiger partial charge in [-0.1, -0.05) is 5.16 Å². The van der Waals surface area contributed by atoms with E-state index in [1.165, 1.54) is 18.6 Å². The van der Waals surface area contributed by atoms with Gasteiger partial charge in [-0.25, -0.2) is 4.39 Å². The van der Waals surface area contributed by atoms with Gasteiger partial charge in [-0.05, 0) is 69.0 Å². The van der Waals surface area contributed by atoms with Gasteiger partial charge in [0.05, 0.1) is 5.92 Å². The first-order valence-electron chi connectivity index (χ1n) is 9.77. The van der Waals surface area contributed by atoms with E-state index in [-0.39, 0.29) is 17.6 Å². The van der Waals surface area contributed by atoms with Crippen molar-refractivity contribution in [1.29, 1.82) is 0 Å². The summed E-state index contributed by atoms with van der Waals surface area (Å²) < 4.78 is 18.5. The summed E-state index contributed by atoms with van der Waals surface area (Å²) in [4.78, 5) is 19.0. The Morgan fingerprint density at radius 3 is 2.93 bits per heavy atom. The van der Waals surface area contributed by atoms with Crippen molar-refractivity contribution in [2.24, 2.45) is 5.92 Å². The number of carbonyl (C=O) groups excluding carboxylic acids is 1. The Bertz CT molecular complexity index is 771. The molecule has 1 amide bonds. The monoisotopic (exact) mass is 372 g/mol. The molecule has 0 spiro atoms. The standard InChI is InChI=1S/C20H25FN4O2/c21-17-6-4-15(5-7-17)19-23-20(27-24-19)16-2-1-11-25(13-16)18(26)8-3-14-9-10-22-12-14/h4-7,14,16,22H,1-3,8-13H2. The molecule has 2 saturated heterocycles. The van der Waals surface area contributed by atoms with Crippen LogP contribution in [0.25, 0.3) is 11.4 Å². The van der Waals surface area contributed by atoms with Crippen LogP contribution in [0.3, 0.4) is 0 Å². The van der Waals surface area contributed by atoms with Gasteiger partial charge in [0, 0.05) is 25.1 Å². The van der Waals surface area contributed by atoms with Gasteiger partial charge in [0.15, 0.2) is 0 Å². The summed E-state index contributed by atoms with van der Waals surface area (Å²) in [6.45, 7) is 3.53. The van der Waals surface area contributed by atoms with Gasteiger partial charge >= 0.3 is 0 Å². The van der Waals surface area contributed by atoms with E-state index in [1.807, 2.05) is 4.90 Å². The normalized spacial score (nSPS) is 22.9. The van der Waals surface area contributed by atoms with Crippen molar-refractivity contribution in [3.05, 3.63) is 36.0 Å². The van der Waals surface area contributed by atoms with Crippen LogP contribution in [0.2, 0.25) is 0 Å². The second-order valence-corrected chi connectivity index (χ2v) is 7.54. The van der Waals surface area contributed by atoms with Crippen LogP contribution in [0.5, 0.6) is 0 Å². The first kappa shape index (κ1) is 18.1. The molecule has 2 atom stereocenters. The molecule has 2 unspecified atom stereocenters. The molecule has 1 N–H and O–H groups in total. The van der Waals surface area contributed by atoms with Gasteiger partial charge in [0.25, 0.3) is 0 Å². The number of carbonyl (C=O) groups is 1. The van der Waals surface area contributed by atoms with Crippen LogP contribution in [0.1, 0.15) is 43.9 Å². The van der Waals surface area contributed by atoms with E-state index >= 15 is 0 Å². The smallest absolute Gasteiger partial charge is 0.231 e. The maximum Gasteiger partial charge on any atom is 0.231 e. The van der Waals surface area contributed by atoms with Crippen molar-refractivity contribution in [3.63, 3.8) is 0 Å². The number of amides is 1. The molecule has 2 aliphatic rings. The van der Waals surface area contributed by atoms with Gasteiger partial charge < -0.3 is 14.7 Å². The van der Waals surface area contributed by atoms with Gasteiger partial charge in [0.1, 0.15) is 5.82 Å². The summed E-state index contributed by atoms with van der Waals surface area (Å²) >= 11 is 0. The first-order valence-corrected chi connectivity index (χ1v) is 9.77. The predicted molar refractivity (Wildman–Crippen MR) is 98.5 cm³/mol. The Morgan fingerprint density at radius 2 is 2.15 bits per heavy atom. The van der Waals surface area contributed by atoms with E-state index in [2.05, 4.69) is 15.5 Å². The molecule has 1 aromatic heterocycles. The average Bonchev–Trinajstić information content (AvgIpc) is 3.39. The maximum absolute atomic E-state index is 13.1. The summed E-state index contributed by atoms with van der Waals surface area (Å²) in [5.74, 6) is 1.65. The third kappa shape index (κ3) is 4.35. The van der Waals surface area contributed by atoms with Crippen LogP contribution in [0, 0.1) is 11.7 Å². The third-order valence-corrected chi connectivity index (χ3v) is 5.60.